The second-order valence-electron chi connectivity index (χ2n) is 6.97. The molecule has 0 saturated carbocycles. The highest BCUT2D eigenvalue weighted by Crippen LogP contribution is 2.23. The van der Waals surface area contributed by atoms with E-state index in [1.165, 1.54) is 17.3 Å². The summed E-state index contributed by atoms with van der Waals surface area (Å²) in [6, 6.07) is 10.8. The summed E-state index contributed by atoms with van der Waals surface area (Å²) in [5, 5.41) is 15.3. The molecule has 1 aliphatic rings. The van der Waals surface area contributed by atoms with Crippen LogP contribution >= 0.6 is 11.8 Å². The second-order valence-corrected chi connectivity index (χ2v) is 8.28. The number of nitrogens with zero attached hydrogens (tertiary/aromatic N) is 5. The average Bonchev–Trinajstić information content (AvgIpc) is 3.25. The van der Waals surface area contributed by atoms with Crippen molar-refractivity contribution >= 4 is 17.7 Å². The molecule has 26 heavy (non-hydrogen) atoms. The van der Waals surface area contributed by atoms with Gasteiger partial charge in [-0.1, -0.05) is 42.1 Å². The molecule has 2 unspecified atom stereocenters. The van der Waals surface area contributed by atoms with Gasteiger partial charge in [0.25, 0.3) is 0 Å². The molecule has 140 valence electrons. The topological polar surface area (TPSA) is 75.9 Å². The molecule has 1 saturated heterocycles. The van der Waals surface area contributed by atoms with Crippen molar-refractivity contribution in [3.05, 3.63) is 35.9 Å². The standard InChI is InChI=1S/C18H26N6OS/c1-13(2)24-18(20-21-22-24)26-14(3)17(25)19-16-9-10-23(12-16)11-15-7-5-4-6-8-15/h4-8,13-14,16H,9-12H2,1-3H3,(H,19,25). The maximum absolute atomic E-state index is 12.5. The van der Waals surface area contributed by atoms with Crippen molar-refractivity contribution in [2.24, 2.45) is 0 Å². The smallest absolute Gasteiger partial charge is 0.233 e. The number of tetrazole rings is 1. The first-order valence-electron chi connectivity index (χ1n) is 9.04. The molecule has 2 atom stereocenters. The quantitative estimate of drug-likeness (QED) is 0.748. The third-order valence-corrected chi connectivity index (χ3v) is 5.52. The van der Waals surface area contributed by atoms with Crippen LogP contribution in [0.2, 0.25) is 0 Å². The zero-order valence-corrected chi connectivity index (χ0v) is 16.3. The third kappa shape index (κ3) is 4.82. The average molecular weight is 375 g/mol. The Morgan fingerprint density at radius 3 is 2.81 bits per heavy atom. The van der Waals surface area contributed by atoms with Gasteiger partial charge in [0.1, 0.15) is 0 Å². The lowest BCUT2D eigenvalue weighted by atomic mass is 10.2. The van der Waals surface area contributed by atoms with Crippen LogP contribution in [0.15, 0.2) is 35.5 Å². The normalized spacial score (nSPS) is 19.0. The van der Waals surface area contributed by atoms with Crippen LogP contribution in [0.5, 0.6) is 0 Å². The van der Waals surface area contributed by atoms with E-state index >= 15 is 0 Å². The van der Waals surface area contributed by atoms with E-state index in [9.17, 15) is 4.79 Å². The lowest BCUT2D eigenvalue weighted by molar-refractivity contribution is -0.120. The van der Waals surface area contributed by atoms with Crippen molar-refractivity contribution < 1.29 is 4.79 Å². The highest BCUT2D eigenvalue weighted by molar-refractivity contribution is 8.00. The van der Waals surface area contributed by atoms with Crippen molar-refractivity contribution in [1.29, 1.82) is 0 Å². The van der Waals surface area contributed by atoms with Gasteiger partial charge in [-0.15, -0.1) is 5.10 Å². The van der Waals surface area contributed by atoms with E-state index in [0.29, 0.717) is 5.16 Å². The lowest BCUT2D eigenvalue weighted by Crippen LogP contribution is -2.40. The van der Waals surface area contributed by atoms with Crippen LogP contribution < -0.4 is 5.32 Å². The Hall–Kier alpha value is -1.93. The molecule has 0 spiro atoms. The summed E-state index contributed by atoms with van der Waals surface area (Å²) >= 11 is 1.40. The molecule has 0 bridgehead atoms. The van der Waals surface area contributed by atoms with Crippen LogP contribution in [0.3, 0.4) is 0 Å². The number of carbonyl (C=O) groups excluding carboxylic acids is 1. The maximum atomic E-state index is 12.5. The van der Waals surface area contributed by atoms with E-state index in [-0.39, 0.29) is 23.2 Å². The van der Waals surface area contributed by atoms with Gasteiger partial charge in [-0.3, -0.25) is 9.69 Å². The summed E-state index contributed by atoms with van der Waals surface area (Å²) in [6.45, 7) is 8.77. The monoisotopic (exact) mass is 374 g/mol. The van der Waals surface area contributed by atoms with E-state index in [2.05, 4.69) is 50.0 Å². The first kappa shape index (κ1) is 18.8. The Bertz CT molecular complexity index is 719. The highest BCUT2D eigenvalue weighted by Gasteiger charge is 2.26. The molecular weight excluding hydrogens is 348 g/mol. The molecular formula is C18H26N6OS. The summed E-state index contributed by atoms with van der Waals surface area (Å²) in [6.07, 6.45) is 0.986. The minimum absolute atomic E-state index is 0.0415. The number of hydrogen-bond acceptors (Lipinski definition) is 6. The minimum atomic E-state index is -0.235. The Labute approximate surface area is 158 Å². The first-order chi connectivity index (χ1) is 12.5. The Morgan fingerprint density at radius 1 is 1.31 bits per heavy atom. The molecule has 0 radical (unpaired) electrons. The fraction of sp³-hybridized carbons (Fsp3) is 0.556. The number of hydrogen-bond donors (Lipinski definition) is 1. The van der Waals surface area contributed by atoms with Gasteiger partial charge in [0, 0.05) is 25.7 Å². The van der Waals surface area contributed by atoms with Crippen molar-refractivity contribution in [2.45, 2.75) is 56.2 Å². The van der Waals surface area contributed by atoms with Gasteiger partial charge in [0.05, 0.1) is 11.3 Å². The van der Waals surface area contributed by atoms with Crippen LogP contribution in [0.4, 0.5) is 0 Å². The van der Waals surface area contributed by atoms with Gasteiger partial charge in [-0.05, 0) is 43.2 Å². The molecule has 2 aromatic rings. The molecule has 1 aliphatic heterocycles. The number of thioether (sulfide) groups is 1. The lowest BCUT2D eigenvalue weighted by Gasteiger charge is -2.18. The Kier molecular flexibility index (Phi) is 6.26. The largest absolute Gasteiger partial charge is 0.351 e. The Morgan fingerprint density at radius 2 is 2.08 bits per heavy atom. The summed E-state index contributed by atoms with van der Waals surface area (Å²) in [4.78, 5) is 14.9. The predicted octanol–water partition coefficient (Wildman–Crippen LogP) is 2.13. The van der Waals surface area contributed by atoms with Crippen molar-refractivity contribution in [1.82, 2.24) is 30.4 Å². The predicted molar refractivity (Wildman–Crippen MR) is 102 cm³/mol. The first-order valence-corrected chi connectivity index (χ1v) is 9.92. The molecule has 8 heteroatoms. The molecule has 1 N–H and O–H groups in total. The SMILES string of the molecule is CC(Sc1nnnn1C(C)C)C(=O)NC1CCN(Cc2ccccc2)C1. The van der Waals surface area contributed by atoms with Gasteiger partial charge in [-0.2, -0.15) is 0 Å². The molecule has 1 aromatic heterocycles. The zero-order valence-electron chi connectivity index (χ0n) is 15.5. The number of benzene rings is 1. The molecule has 1 amide bonds. The van der Waals surface area contributed by atoms with Crippen molar-refractivity contribution in [2.75, 3.05) is 13.1 Å². The van der Waals surface area contributed by atoms with Gasteiger partial charge in [0.2, 0.25) is 11.1 Å². The molecule has 1 aromatic carbocycles. The second kappa shape index (κ2) is 8.64. The number of carbonyl (C=O) groups is 1. The van der Waals surface area contributed by atoms with E-state index in [0.717, 1.165) is 26.1 Å². The third-order valence-electron chi connectivity index (χ3n) is 4.47. The Balaban J connectivity index is 1.48. The summed E-state index contributed by atoms with van der Waals surface area (Å²) in [7, 11) is 0. The van der Waals surface area contributed by atoms with Crippen LogP contribution in [-0.4, -0.2) is 55.4 Å². The molecule has 0 aliphatic carbocycles. The van der Waals surface area contributed by atoms with Crippen LogP contribution in [-0.2, 0) is 11.3 Å². The van der Waals surface area contributed by atoms with E-state index in [4.69, 9.17) is 0 Å². The number of aromatic nitrogens is 4. The van der Waals surface area contributed by atoms with Gasteiger partial charge in [-0.25, -0.2) is 4.68 Å². The summed E-state index contributed by atoms with van der Waals surface area (Å²) < 4.78 is 1.74. The molecule has 7 nitrogen and oxygen atoms in total. The van der Waals surface area contributed by atoms with E-state index < -0.39 is 0 Å². The number of nitrogens with one attached hydrogen (secondary N) is 1. The van der Waals surface area contributed by atoms with Crippen LogP contribution in [0.1, 0.15) is 38.8 Å². The van der Waals surface area contributed by atoms with E-state index in [1.54, 1.807) is 4.68 Å². The fourth-order valence-electron chi connectivity index (χ4n) is 3.05. The molecule has 3 rings (SSSR count). The van der Waals surface area contributed by atoms with Gasteiger partial charge in [0.15, 0.2) is 0 Å². The summed E-state index contributed by atoms with van der Waals surface area (Å²) in [5.74, 6) is 0.0415. The minimum Gasteiger partial charge on any atom is -0.351 e. The molecule has 2 heterocycles. The highest BCUT2D eigenvalue weighted by atomic mass is 32.2. The fourth-order valence-corrected chi connectivity index (χ4v) is 3.98. The van der Waals surface area contributed by atoms with Gasteiger partial charge >= 0.3 is 0 Å². The van der Waals surface area contributed by atoms with Gasteiger partial charge < -0.3 is 5.32 Å². The van der Waals surface area contributed by atoms with Crippen molar-refractivity contribution in [3.8, 4) is 0 Å². The summed E-state index contributed by atoms with van der Waals surface area (Å²) in [5.41, 5.74) is 1.31. The van der Waals surface area contributed by atoms with Crippen molar-refractivity contribution in [3.63, 3.8) is 0 Å². The van der Waals surface area contributed by atoms with Crippen LogP contribution in [0.25, 0.3) is 0 Å². The molecule has 1 fully saturated rings. The van der Waals surface area contributed by atoms with E-state index in [1.807, 2.05) is 26.8 Å². The number of amides is 1. The number of likely N-dealkylation sites (tertiary alicyclic amines) is 1. The zero-order chi connectivity index (χ0) is 18.5. The maximum Gasteiger partial charge on any atom is 0.233 e. The number of rotatable bonds is 7. The van der Waals surface area contributed by atoms with Crippen LogP contribution in [0, 0.1) is 0 Å².